The van der Waals surface area contributed by atoms with Crippen LogP contribution in [0.25, 0.3) is 10.2 Å². The molecule has 0 aliphatic carbocycles. The fourth-order valence-electron chi connectivity index (χ4n) is 2.20. The van der Waals surface area contributed by atoms with Crippen LogP contribution in [-0.4, -0.2) is 18.0 Å². The van der Waals surface area contributed by atoms with Crippen molar-refractivity contribution in [3.8, 4) is 5.75 Å². The first-order valence-electron chi connectivity index (χ1n) is 6.94. The van der Waals surface area contributed by atoms with Gasteiger partial charge < -0.3 is 10.1 Å². The molecule has 5 heteroatoms. The highest BCUT2D eigenvalue weighted by molar-refractivity contribution is 7.22. The first-order valence-corrected chi connectivity index (χ1v) is 7.76. The number of aryl methyl sites for hydroxylation is 1. The lowest BCUT2D eigenvalue weighted by molar-refractivity contribution is -0.115. The van der Waals surface area contributed by atoms with E-state index in [0.717, 1.165) is 15.8 Å². The van der Waals surface area contributed by atoms with Crippen LogP contribution in [0.5, 0.6) is 5.75 Å². The molecule has 22 heavy (non-hydrogen) atoms. The second-order valence-corrected chi connectivity index (χ2v) is 6.07. The third-order valence-corrected chi connectivity index (χ3v) is 4.27. The Labute approximate surface area is 132 Å². The van der Waals surface area contributed by atoms with Crippen LogP contribution >= 0.6 is 11.3 Å². The van der Waals surface area contributed by atoms with Gasteiger partial charge in [0.25, 0.3) is 0 Å². The summed E-state index contributed by atoms with van der Waals surface area (Å²) in [4.78, 5) is 16.6. The molecule has 0 saturated carbocycles. The Morgan fingerprint density at radius 3 is 2.73 bits per heavy atom. The van der Waals surface area contributed by atoms with E-state index in [0.29, 0.717) is 17.3 Å². The minimum atomic E-state index is -0.0677. The number of hydrogen-bond donors (Lipinski definition) is 1. The Morgan fingerprint density at radius 2 is 2.00 bits per heavy atom. The fraction of sp³-hybridized carbons (Fsp3) is 0.176. The van der Waals surface area contributed by atoms with Crippen molar-refractivity contribution in [3.05, 3.63) is 53.6 Å². The van der Waals surface area contributed by atoms with Gasteiger partial charge in [0.2, 0.25) is 5.91 Å². The van der Waals surface area contributed by atoms with E-state index in [2.05, 4.69) is 10.3 Å². The van der Waals surface area contributed by atoms with E-state index < -0.39 is 0 Å². The van der Waals surface area contributed by atoms with Gasteiger partial charge >= 0.3 is 0 Å². The van der Waals surface area contributed by atoms with E-state index in [1.54, 1.807) is 7.11 Å². The van der Waals surface area contributed by atoms with Gasteiger partial charge in [0.05, 0.1) is 18.2 Å². The molecule has 4 nitrogen and oxygen atoms in total. The summed E-state index contributed by atoms with van der Waals surface area (Å²) in [6.07, 6.45) is 0.341. The van der Waals surface area contributed by atoms with E-state index in [9.17, 15) is 4.79 Å². The van der Waals surface area contributed by atoms with E-state index >= 15 is 0 Å². The fourth-order valence-corrected chi connectivity index (χ4v) is 3.10. The molecule has 112 valence electrons. The number of methoxy groups -OCH3 is 1. The molecule has 3 aromatic rings. The Hall–Kier alpha value is -2.40. The standard InChI is InChI=1S/C17H16N2O2S/c1-11-6-8-12(9-7-11)10-15(20)18-17-19-16-13(21-2)4-3-5-14(16)22-17/h3-9H,10H2,1-2H3,(H,18,19,20). The van der Waals surface area contributed by atoms with Gasteiger partial charge in [0.1, 0.15) is 11.3 Å². The van der Waals surface area contributed by atoms with Gasteiger partial charge in [0.15, 0.2) is 5.13 Å². The highest BCUT2D eigenvalue weighted by Crippen LogP contribution is 2.32. The van der Waals surface area contributed by atoms with Crippen LogP contribution in [0.3, 0.4) is 0 Å². The summed E-state index contributed by atoms with van der Waals surface area (Å²) in [6, 6.07) is 13.7. The number of fused-ring (bicyclic) bond motifs is 1. The number of nitrogens with zero attached hydrogens (tertiary/aromatic N) is 1. The lowest BCUT2D eigenvalue weighted by atomic mass is 10.1. The minimum absolute atomic E-state index is 0.0677. The second kappa shape index (κ2) is 6.15. The maximum atomic E-state index is 12.1. The Balaban J connectivity index is 1.75. The summed E-state index contributed by atoms with van der Waals surface area (Å²) in [5, 5.41) is 3.45. The largest absolute Gasteiger partial charge is 0.494 e. The van der Waals surface area contributed by atoms with Crippen molar-refractivity contribution in [1.29, 1.82) is 0 Å². The molecule has 1 N–H and O–H groups in total. The summed E-state index contributed by atoms with van der Waals surface area (Å²) < 4.78 is 6.27. The normalized spacial score (nSPS) is 10.6. The Morgan fingerprint density at radius 1 is 1.23 bits per heavy atom. The number of ether oxygens (including phenoxy) is 1. The molecular formula is C17H16N2O2S. The van der Waals surface area contributed by atoms with Gasteiger partial charge in [0, 0.05) is 0 Å². The zero-order valence-corrected chi connectivity index (χ0v) is 13.2. The van der Waals surface area contributed by atoms with Crippen molar-refractivity contribution in [3.63, 3.8) is 0 Å². The molecule has 0 spiro atoms. The molecule has 0 bridgehead atoms. The maximum Gasteiger partial charge on any atom is 0.230 e. The van der Waals surface area contributed by atoms with E-state index in [-0.39, 0.29) is 5.91 Å². The van der Waals surface area contributed by atoms with Gasteiger partial charge in [-0.15, -0.1) is 0 Å². The molecule has 3 rings (SSSR count). The number of anilines is 1. The van der Waals surface area contributed by atoms with Crippen LogP contribution < -0.4 is 10.1 Å². The number of carbonyl (C=O) groups is 1. The summed E-state index contributed by atoms with van der Waals surface area (Å²) in [5.41, 5.74) is 2.95. The Bertz CT molecular complexity index is 809. The number of carbonyl (C=O) groups excluding carboxylic acids is 1. The topological polar surface area (TPSA) is 51.2 Å². The molecule has 0 atom stereocenters. The SMILES string of the molecule is COc1cccc2sc(NC(=O)Cc3ccc(C)cc3)nc12. The summed E-state index contributed by atoms with van der Waals surface area (Å²) in [6.45, 7) is 2.03. The average molecular weight is 312 g/mol. The zero-order chi connectivity index (χ0) is 15.5. The average Bonchev–Trinajstić information content (AvgIpc) is 2.91. The van der Waals surface area contributed by atoms with Crippen molar-refractivity contribution in [2.24, 2.45) is 0 Å². The molecule has 0 fully saturated rings. The number of nitrogens with one attached hydrogen (secondary N) is 1. The lowest BCUT2D eigenvalue weighted by Gasteiger charge is -2.02. The third-order valence-electron chi connectivity index (χ3n) is 3.33. The van der Waals surface area contributed by atoms with E-state index in [1.165, 1.54) is 16.9 Å². The van der Waals surface area contributed by atoms with Crippen molar-refractivity contribution in [2.45, 2.75) is 13.3 Å². The first kappa shape index (κ1) is 14.5. The molecular weight excluding hydrogens is 296 g/mol. The summed E-state index contributed by atoms with van der Waals surface area (Å²) in [5.74, 6) is 0.648. The maximum absolute atomic E-state index is 12.1. The number of benzene rings is 2. The van der Waals surface area contributed by atoms with E-state index in [4.69, 9.17) is 4.74 Å². The smallest absolute Gasteiger partial charge is 0.230 e. The first-order chi connectivity index (χ1) is 10.7. The molecule has 1 amide bonds. The predicted molar refractivity (Wildman–Crippen MR) is 89.7 cm³/mol. The highest BCUT2D eigenvalue weighted by Gasteiger charge is 2.11. The number of hydrogen-bond acceptors (Lipinski definition) is 4. The van der Waals surface area contributed by atoms with Gasteiger partial charge in [-0.05, 0) is 24.6 Å². The molecule has 0 aliphatic rings. The van der Waals surface area contributed by atoms with Crippen LogP contribution in [-0.2, 0) is 11.2 Å². The van der Waals surface area contributed by atoms with Crippen LogP contribution in [0.15, 0.2) is 42.5 Å². The second-order valence-electron chi connectivity index (χ2n) is 5.04. The van der Waals surface area contributed by atoms with Gasteiger partial charge in [-0.1, -0.05) is 47.2 Å². The zero-order valence-electron chi connectivity index (χ0n) is 12.4. The molecule has 2 aromatic carbocycles. The molecule has 1 heterocycles. The van der Waals surface area contributed by atoms with Gasteiger partial charge in [-0.3, -0.25) is 4.79 Å². The number of rotatable bonds is 4. The van der Waals surface area contributed by atoms with E-state index in [1.807, 2.05) is 49.4 Å². The molecule has 1 aromatic heterocycles. The quantitative estimate of drug-likeness (QED) is 0.797. The molecule has 0 aliphatic heterocycles. The number of amides is 1. The van der Waals surface area contributed by atoms with Gasteiger partial charge in [-0.2, -0.15) is 0 Å². The third kappa shape index (κ3) is 3.09. The predicted octanol–water partition coefficient (Wildman–Crippen LogP) is 3.79. The van der Waals surface area contributed by atoms with Crippen molar-refractivity contribution < 1.29 is 9.53 Å². The van der Waals surface area contributed by atoms with Crippen molar-refractivity contribution in [2.75, 3.05) is 12.4 Å². The van der Waals surface area contributed by atoms with Crippen LogP contribution in [0.2, 0.25) is 0 Å². The van der Waals surface area contributed by atoms with Crippen molar-refractivity contribution >= 4 is 32.6 Å². The molecule has 0 saturated heterocycles. The number of thiazole rings is 1. The monoisotopic (exact) mass is 312 g/mol. The Kier molecular flexibility index (Phi) is 4.06. The summed E-state index contributed by atoms with van der Waals surface area (Å²) in [7, 11) is 1.61. The molecule has 0 radical (unpaired) electrons. The molecule has 0 unspecified atom stereocenters. The number of para-hydroxylation sites is 1. The highest BCUT2D eigenvalue weighted by atomic mass is 32.1. The van der Waals surface area contributed by atoms with Crippen LogP contribution in [0, 0.1) is 6.92 Å². The van der Waals surface area contributed by atoms with Crippen LogP contribution in [0.1, 0.15) is 11.1 Å². The minimum Gasteiger partial charge on any atom is -0.494 e. The number of aromatic nitrogens is 1. The van der Waals surface area contributed by atoms with Crippen molar-refractivity contribution in [1.82, 2.24) is 4.98 Å². The van der Waals surface area contributed by atoms with Gasteiger partial charge in [-0.25, -0.2) is 4.98 Å². The van der Waals surface area contributed by atoms with Crippen LogP contribution in [0.4, 0.5) is 5.13 Å². The lowest BCUT2D eigenvalue weighted by Crippen LogP contribution is -2.14. The summed E-state index contributed by atoms with van der Waals surface area (Å²) >= 11 is 1.45.